The SMILES string of the molecule is C[C@@]1(c2cc(Nc3ncccc3C(N)=O)ccc2F)CCSC(N)=N1. The molecule has 130 valence electrons. The summed E-state index contributed by atoms with van der Waals surface area (Å²) in [6.45, 7) is 1.86. The molecule has 0 aliphatic carbocycles. The number of aromatic nitrogens is 1. The molecule has 3 rings (SSSR count). The van der Waals surface area contributed by atoms with Crippen LogP contribution in [0.15, 0.2) is 41.5 Å². The molecule has 0 fully saturated rings. The number of halogens is 1. The topological polar surface area (TPSA) is 106 Å². The monoisotopic (exact) mass is 359 g/mol. The van der Waals surface area contributed by atoms with Gasteiger partial charge in [0.1, 0.15) is 11.6 Å². The number of nitrogens with one attached hydrogen (secondary N) is 1. The summed E-state index contributed by atoms with van der Waals surface area (Å²) in [5.74, 6) is 0.147. The number of hydrogen-bond donors (Lipinski definition) is 3. The van der Waals surface area contributed by atoms with Gasteiger partial charge in [-0.1, -0.05) is 11.8 Å². The summed E-state index contributed by atoms with van der Waals surface area (Å²) in [6, 6.07) is 7.81. The minimum Gasteiger partial charge on any atom is -0.379 e. The van der Waals surface area contributed by atoms with Gasteiger partial charge in [0.05, 0.1) is 11.1 Å². The Balaban J connectivity index is 1.98. The summed E-state index contributed by atoms with van der Waals surface area (Å²) in [4.78, 5) is 20.1. The Morgan fingerprint density at radius 1 is 1.40 bits per heavy atom. The van der Waals surface area contributed by atoms with Crippen LogP contribution in [-0.2, 0) is 5.54 Å². The second-order valence-electron chi connectivity index (χ2n) is 5.91. The van der Waals surface area contributed by atoms with Crippen molar-refractivity contribution in [2.45, 2.75) is 18.9 Å². The number of thioether (sulfide) groups is 1. The second kappa shape index (κ2) is 6.72. The van der Waals surface area contributed by atoms with E-state index in [2.05, 4.69) is 15.3 Å². The summed E-state index contributed by atoms with van der Waals surface area (Å²) in [5.41, 5.74) is 11.8. The van der Waals surface area contributed by atoms with Gasteiger partial charge in [-0.25, -0.2) is 9.37 Å². The Labute approximate surface area is 148 Å². The normalized spacial score (nSPS) is 20.0. The van der Waals surface area contributed by atoms with Crippen molar-refractivity contribution in [2.75, 3.05) is 11.1 Å². The van der Waals surface area contributed by atoms with Crippen molar-refractivity contribution in [1.29, 1.82) is 0 Å². The second-order valence-corrected chi connectivity index (χ2v) is 7.02. The number of nitrogens with two attached hydrogens (primary N) is 2. The predicted octanol–water partition coefficient (Wildman–Crippen LogP) is 2.73. The number of carbonyl (C=O) groups is 1. The molecule has 1 amide bonds. The van der Waals surface area contributed by atoms with Crippen LogP contribution in [0.5, 0.6) is 0 Å². The third kappa shape index (κ3) is 3.58. The number of amides is 1. The molecule has 2 aromatic rings. The lowest BCUT2D eigenvalue weighted by molar-refractivity contribution is 0.100. The molecule has 0 saturated heterocycles. The first-order chi connectivity index (χ1) is 11.9. The molecule has 25 heavy (non-hydrogen) atoms. The van der Waals surface area contributed by atoms with E-state index in [-0.39, 0.29) is 11.4 Å². The molecule has 0 spiro atoms. The van der Waals surface area contributed by atoms with E-state index in [1.54, 1.807) is 30.5 Å². The Hall–Kier alpha value is -2.61. The highest BCUT2D eigenvalue weighted by Crippen LogP contribution is 2.37. The predicted molar refractivity (Wildman–Crippen MR) is 98.5 cm³/mol. The Bertz CT molecular complexity index is 857. The van der Waals surface area contributed by atoms with E-state index in [0.29, 0.717) is 28.7 Å². The van der Waals surface area contributed by atoms with E-state index in [4.69, 9.17) is 11.5 Å². The van der Waals surface area contributed by atoms with Gasteiger partial charge < -0.3 is 16.8 Å². The van der Waals surface area contributed by atoms with Crippen LogP contribution in [0.4, 0.5) is 15.9 Å². The number of anilines is 2. The zero-order valence-corrected chi connectivity index (χ0v) is 14.4. The number of nitrogens with zero attached hydrogens (tertiary/aromatic N) is 2. The molecule has 1 aromatic carbocycles. The summed E-state index contributed by atoms with van der Waals surface area (Å²) < 4.78 is 14.4. The van der Waals surface area contributed by atoms with Gasteiger partial charge in [-0.3, -0.25) is 9.79 Å². The average Bonchev–Trinajstić information content (AvgIpc) is 2.56. The molecular weight excluding hydrogens is 341 g/mol. The van der Waals surface area contributed by atoms with Gasteiger partial charge in [-0.15, -0.1) is 0 Å². The maximum absolute atomic E-state index is 14.4. The number of rotatable bonds is 4. The van der Waals surface area contributed by atoms with Gasteiger partial charge in [-0.05, 0) is 43.7 Å². The molecule has 0 unspecified atom stereocenters. The van der Waals surface area contributed by atoms with E-state index in [0.717, 1.165) is 5.75 Å². The van der Waals surface area contributed by atoms with E-state index >= 15 is 0 Å². The van der Waals surface area contributed by atoms with Gasteiger partial charge >= 0.3 is 0 Å². The van der Waals surface area contributed by atoms with E-state index < -0.39 is 11.4 Å². The highest BCUT2D eigenvalue weighted by Gasteiger charge is 2.32. The van der Waals surface area contributed by atoms with Crippen molar-refractivity contribution in [2.24, 2.45) is 16.5 Å². The van der Waals surface area contributed by atoms with Crippen molar-refractivity contribution >= 4 is 34.3 Å². The number of hydrogen-bond acceptors (Lipinski definition) is 6. The van der Waals surface area contributed by atoms with Crippen LogP contribution in [-0.4, -0.2) is 21.8 Å². The van der Waals surface area contributed by atoms with Crippen LogP contribution in [0.1, 0.15) is 29.3 Å². The average molecular weight is 359 g/mol. The largest absolute Gasteiger partial charge is 0.379 e. The van der Waals surface area contributed by atoms with Crippen molar-refractivity contribution < 1.29 is 9.18 Å². The molecule has 1 aliphatic rings. The van der Waals surface area contributed by atoms with Crippen LogP contribution in [0.25, 0.3) is 0 Å². The van der Waals surface area contributed by atoms with E-state index in [1.807, 2.05) is 6.92 Å². The van der Waals surface area contributed by atoms with Gasteiger partial charge in [0.25, 0.3) is 5.91 Å². The van der Waals surface area contributed by atoms with Crippen LogP contribution in [0, 0.1) is 5.82 Å². The lowest BCUT2D eigenvalue weighted by Crippen LogP contribution is -2.29. The summed E-state index contributed by atoms with van der Waals surface area (Å²) in [5, 5.41) is 3.48. The number of primary amides is 1. The van der Waals surface area contributed by atoms with Crippen LogP contribution < -0.4 is 16.8 Å². The van der Waals surface area contributed by atoms with E-state index in [1.165, 1.54) is 17.8 Å². The fraction of sp³-hybridized carbons (Fsp3) is 0.235. The molecule has 5 N–H and O–H groups in total. The highest BCUT2D eigenvalue weighted by molar-refractivity contribution is 8.13. The number of benzene rings is 1. The smallest absolute Gasteiger partial charge is 0.252 e. The first-order valence-electron chi connectivity index (χ1n) is 7.69. The molecule has 0 bridgehead atoms. The minimum atomic E-state index is -0.728. The minimum absolute atomic E-state index is 0.260. The first kappa shape index (κ1) is 17.2. The Morgan fingerprint density at radius 2 is 2.20 bits per heavy atom. The van der Waals surface area contributed by atoms with Crippen LogP contribution in [0.3, 0.4) is 0 Å². The van der Waals surface area contributed by atoms with Gasteiger partial charge in [-0.2, -0.15) is 0 Å². The Morgan fingerprint density at radius 3 is 2.92 bits per heavy atom. The van der Waals surface area contributed by atoms with Crippen molar-refractivity contribution in [3.63, 3.8) is 0 Å². The third-order valence-electron chi connectivity index (χ3n) is 4.08. The zero-order valence-electron chi connectivity index (χ0n) is 13.6. The molecular formula is C17H18FN5OS. The zero-order chi connectivity index (χ0) is 18.0. The fourth-order valence-electron chi connectivity index (χ4n) is 2.74. The maximum atomic E-state index is 14.4. The molecule has 6 nitrogen and oxygen atoms in total. The lowest BCUT2D eigenvalue weighted by Gasteiger charge is -2.30. The first-order valence-corrected chi connectivity index (χ1v) is 8.67. The number of carbonyl (C=O) groups excluding carboxylic acids is 1. The van der Waals surface area contributed by atoms with Crippen molar-refractivity contribution in [1.82, 2.24) is 4.98 Å². The fourth-order valence-corrected chi connectivity index (χ4v) is 3.71. The van der Waals surface area contributed by atoms with E-state index in [9.17, 15) is 9.18 Å². The molecule has 8 heteroatoms. The third-order valence-corrected chi connectivity index (χ3v) is 4.87. The summed E-state index contributed by atoms with van der Waals surface area (Å²) >= 11 is 1.46. The van der Waals surface area contributed by atoms with Gasteiger partial charge in [0, 0.05) is 23.2 Å². The van der Waals surface area contributed by atoms with Crippen molar-refractivity contribution in [3.05, 3.63) is 53.5 Å². The van der Waals surface area contributed by atoms with Gasteiger partial charge in [0.2, 0.25) is 0 Å². The molecule has 1 aliphatic heterocycles. The van der Waals surface area contributed by atoms with Crippen LogP contribution in [0.2, 0.25) is 0 Å². The highest BCUT2D eigenvalue weighted by atomic mass is 32.2. The molecule has 1 atom stereocenters. The molecule has 2 heterocycles. The number of aliphatic imine (C=N–C) groups is 1. The van der Waals surface area contributed by atoms with Crippen molar-refractivity contribution in [3.8, 4) is 0 Å². The maximum Gasteiger partial charge on any atom is 0.252 e. The van der Waals surface area contributed by atoms with Crippen LogP contribution >= 0.6 is 11.8 Å². The Kier molecular flexibility index (Phi) is 4.63. The molecule has 0 saturated carbocycles. The van der Waals surface area contributed by atoms with Gasteiger partial charge in [0.15, 0.2) is 5.17 Å². The molecule has 0 radical (unpaired) electrons. The summed E-state index contributed by atoms with van der Waals surface area (Å²) in [6.07, 6.45) is 2.22. The quantitative estimate of drug-likeness (QED) is 0.778. The lowest BCUT2D eigenvalue weighted by atomic mass is 9.89. The number of amidine groups is 1. The molecule has 1 aromatic heterocycles. The standard InChI is InChI=1S/C17H18FN5OS/c1-17(6-8-25-16(20)23-17)12-9-10(4-5-13(12)18)22-15-11(14(19)24)3-2-7-21-15/h2-5,7,9H,6,8H2,1H3,(H2,19,24)(H2,20,23)(H,21,22)/t17-/m0/s1. The summed E-state index contributed by atoms with van der Waals surface area (Å²) in [7, 11) is 0. The number of pyridine rings is 1.